The number of hydrogen-bond acceptors (Lipinski definition) is 4. The molecule has 0 aliphatic carbocycles. The Morgan fingerprint density at radius 3 is 2.90 bits per heavy atom. The maximum absolute atomic E-state index is 11.4. The van der Waals surface area contributed by atoms with Gasteiger partial charge in [0, 0.05) is 4.90 Å². The van der Waals surface area contributed by atoms with Gasteiger partial charge in [-0.1, -0.05) is 24.3 Å². The van der Waals surface area contributed by atoms with Crippen LogP contribution < -0.4 is 10.1 Å². The van der Waals surface area contributed by atoms with Crippen LogP contribution in [-0.2, 0) is 4.79 Å². The summed E-state index contributed by atoms with van der Waals surface area (Å²) in [4.78, 5) is 12.4. The Hall–Kier alpha value is -1.98. The topological polar surface area (TPSA) is 58.6 Å². The fourth-order valence-corrected chi connectivity index (χ4v) is 2.97. The van der Waals surface area contributed by atoms with Crippen LogP contribution in [0.5, 0.6) is 5.75 Å². The Bertz CT molecular complexity index is 687. The van der Waals surface area contributed by atoms with Crippen LogP contribution in [0, 0.1) is 0 Å². The Balaban J connectivity index is 1.96. The van der Waals surface area contributed by atoms with E-state index < -0.39 is 6.10 Å². The number of aliphatic hydroxyl groups excluding tert-OH is 1. The van der Waals surface area contributed by atoms with Gasteiger partial charge in [-0.2, -0.15) is 0 Å². The van der Waals surface area contributed by atoms with Crippen molar-refractivity contribution >= 4 is 23.4 Å². The molecule has 0 saturated carbocycles. The van der Waals surface area contributed by atoms with Crippen molar-refractivity contribution in [3.8, 4) is 5.75 Å². The minimum absolute atomic E-state index is 0.0320. The van der Waals surface area contributed by atoms with Crippen molar-refractivity contribution in [2.24, 2.45) is 0 Å². The highest BCUT2D eigenvalue weighted by Gasteiger charge is 2.19. The van der Waals surface area contributed by atoms with Gasteiger partial charge < -0.3 is 15.2 Å². The predicted molar refractivity (Wildman–Crippen MR) is 82.9 cm³/mol. The number of aliphatic hydroxyl groups is 1. The average molecular weight is 301 g/mol. The van der Waals surface area contributed by atoms with Crippen molar-refractivity contribution in [3.05, 3.63) is 53.6 Å². The SMILES string of the molecule is CSc1ccccc1C(O)c1ccc2c(c1)NC(=O)CO2. The van der Waals surface area contributed by atoms with Gasteiger partial charge in [-0.25, -0.2) is 0 Å². The van der Waals surface area contributed by atoms with Crippen LogP contribution in [-0.4, -0.2) is 23.9 Å². The zero-order valence-corrected chi connectivity index (χ0v) is 12.3. The van der Waals surface area contributed by atoms with Gasteiger partial charge in [0.25, 0.3) is 5.91 Å². The minimum Gasteiger partial charge on any atom is -0.482 e. The largest absolute Gasteiger partial charge is 0.482 e. The second-order valence-corrected chi connectivity index (χ2v) is 5.59. The molecule has 2 N–H and O–H groups in total. The molecule has 3 rings (SSSR count). The summed E-state index contributed by atoms with van der Waals surface area (Å²) < 4.78 is 5.32. The quantitative estimate of drug-likeness (QED) is 0.856. The van der Waals surface area contributed by atoms with Gasteiger partial charge in [0.15, 0.2) is 6.61 Å². The van der Waals surface area contributed by atoms with E-state index in [0.29, 0.717) is 11.4 Å². The summed E-state index contributed by atoms with van der Waals surface area (Å²) in [6.07, 6.45) is 1.24. The summed E-state index contributed by atoms with van der Waals surface area (Å²) in [5.41, 5.74) is 2.18. The van der Waals surface area contributed by atoms with E-state index in [9.17, 15) is 9.90 Å². The molecule has 0 aromatic heterocycles. The van der Waals surface area contributed by atoms with Crippen LogP contribution in [0.1, 0.15) is 17.2 Å². The molecule has 0 bridgehead atoms. The van der Waals surface area contributed by atoms with E-state index in [0.717, 1.165) is 16.0 Å². The second kappa shape index (κ2) is 5.79. The first kappa shape index (κ1) is 14.0. The fraction of sp³-hybridized carbons (Fsp3) is 0.188. The summed E-state index contributed by atoms with van der Waals surface area (Å²) in [6.45, 7) is 0.0320. The summed E-state index contributed by atoms with van der Waals surface area (Å²) >= 11 is 1.59. The van der Waals surface area contributed by atoms with Crippen molar-refractivity contribution in [1.82, 2.24) is 0 Å². The molecule has 1 amide bonds. The van der Waals surface area contributed by atoms with Crippen molar-refractivity contribution in [2.45, 2.75) is 11.0 Å². The number of nitrogens with one attached hydrogen (secondary N) is 1. The van der Waals surface area contributed by atoms with E-state index in [1.165, 1.54) is 0 Å². The molecular weight excluding hydrogens is 286 g/mol. The smallest absolute Gasteiger partial charge is 0.262 e. The van der Waals surface area contributed by atoms with Crippen molar-refractivity contribution < 1.29 is 14.6 Å². The van der Waals surface area contributed by atoms with Gasteiger partial charge in [0.05, 0.1) is 5.69 Å². The van der Waals surface area contributed by atoms with Gasteiger partial charge >= 0.3 is 0 Å². The Kier molecular flexibility index (Phi) is 3.86. The van der Waals surface area contributed by atoms with Crippen LogP contribution in [0.2, 0.25) is 0 Å². The van der Waals surface area contributed by atoms with E-state index in [1.54, 1.807) is 23.9 Å². The maximum atomic E-state index is 11.4. The van der Waals surface area contributed by atoms with Crippen LogP contribution in [0.15, 0.2) is 47.4 Å². The van der Waals surface area contributed by atoms with Crippen LogP contribution in [0.4, 0.5) is 5.69 Å². The Labute approximate surface area is 127 Å². The van der Waals surface area contributed by atoms with E-state index in [2.05, 4.69) is 5.32 Å². The first-order valence-corrected chi connectivity index (χ1v) is 7.79. The first-order valence-electron chi connectivity index (χ1n) is 6.56. The average Bonchev–Trinajstić information content (AvgIpc) is 2.53. The van der Waals surface area contributed by atoms with Crippen molar-refractivity contribution in [3.63, 3.8) is 0 Å². The summed E-state index contributed by atoms with van der Waals surface area (Å²) in [6, 6.07) is 13.1. The lowest BCUT2D eigenvalue weighted by molar-refractivity contribution is -0.118. The van der Waals surface area contributed by atoms with Gasteiger partial charge in [-0.05, 0) is 35.6 Å². The van der Waals surface area contributed by atoms with Gasteiger partial charge in [-0.15, -0.1) is 11.8 Å². The molecule has 1 heterocycles. The molecule has 2 aromatic rings. The standard InChI is InChI=1S/C16H15NO3S/c1-21-14-5-3-2-4-11(14)16(19)10-6-7-13-12(8-10)17-15(18)9-20-13/h2-8,16,19H,9H2,1H3,(H,17,18). The van der Waals surface area contributed by atoms with E-state index >= 15 is 0 Å². The van der Waals surface area contributed by atoms with Crippen LogP contribution in [0.3, 0.4) is 0 Å². The normalized spacial score (nSPS) is 14.9. The maximum Gasteiger partial charge on any atom is 0.262 e. The van der Waals surface area contributed by atoms with Crippen LogP contribution in [0.25, 0.3) is 0 Å². The zero-order valence-electron chi connectivity index (χ0n) is 11.5. The van der Waals surface area contributed by atoms with Gasteiger partial charge in [0.2, 0.25) is 0 Å². The highest BCUT2D eigenvalue weighted by atomic mass is 32.2. The first-order chi connectivity index (χ1) is 10.2. The molecule has 4 nitrogen and oxygen atoms in total. The predicted octanol–water partition coefficient (Wildman–Crippen LogP) is 2.82. The second-order valence-electron chi connectivity index (χ2n) is 4.74. The van der Waals surface area contributed by atoms with Gasteiger partial charge in [0.1, 0.15) is 11.9 Å². The number of ether oxygens (including phenoxy) is 1. The summed E-state index contributed by atoms with van der Waals surface area (Å²) in [5.74, 6) is 0.447. The number of thioether (sulfide) groups is 1. The molecule has 0 spiro atoms. The van der Waals surface area contributed by atoms with Crippen molar-refractivity contribution in [2.75, 3.05) is 18.2 Å². The molecule has 2 aromatic carbocycles. The molecule has 1 aliphatic rings. The number of amides is 1. The van der Waals surface area contributed by atoms with Crippen LogP contribution >= 0.6 is 11.8 Å². The third-order valence-electron chi connectivity index (χ3n) is 3.39. The molecule has 1 atom stereocenters. The molecule has 0 radical (unpaired) electrons. The monoisotopic (exact) mass is 301 g/mol. The number of hydrogen-bond donors (Lipinski definition) is 2. The minimum atomic E-state index is -0.738. The Morgan fingerprint density at radius 1 is 1.29 bits per heavy atom. The summed E-state index contributed by atoms with van der Waals surface area (Å²) in [5, 5.41) is 13.4. The molecular formula is C16H15NO3S. The van der Waals surface area contributed by atoms with E-state index in [1.807, 2.05) is 36.6 Å². The lowest BCUT2D eigenvalue weighted by atomic mass is 10.0. The molecule has 5 heteroatoms. The molecule has 0 saturated heterocycles. The Morgan fingerprint density at radius 2 is 2.10 bits per heavy atom. The zero-order chi connectivity index (χ0) is 14.8. The fourth-order valence-electron chi connectivity index (χ4n) is 2.34. The van der Waals surface area contributed by atoms with Gasteiger partial charge in [-0.3, -0.25) is 4.79 Å². The third kappa shape index (κ3) is 2.75. The number of carbonyl (C=O) groups excluding carboxylic acids is 1. The lowest BCUT2D eigenvalue weighted by Crippen LogP contribution is -2.25. The van der Waals surface area contributed by atoms with E-state index in [4.69, 9.17) is 4.74 Å². The number of fused-ring (bicyclic) bond motifs is 1. The highest BCUT2D eigenvalue weighted by Crippen LogP contribution is 2.35. The summed E-state index contributed by atoms with van der Waals surface area (Å²) in [7, 11) is 0. The third-order valence-corrected chi connectivity index (χ3v) is 4.20. The number of benzene rings is 2. The number of rotatable bonds is 3. The molecule has 0 fully saturated rings. The molecule has 21 heavy (non-hydrogen) atoms. The molecule has 1 aliphatic heterocycles. The molecule has 1 unspecified atom stereocenters. The highest BCUT2D eigenvalue weighted by molar-refractivity contribution is 7.98. The van der Waals surface area contributed by atoms with Crippen molar-refractivity contribution in [1.29, 1.82) is 0 Å². The lowest BCUT2D eigenvalue weighted by Gasteiger charge is -2.21. The number of carbonyl (C=O) groups is 1. The molecule has 108 valence electrons. The number of anilines is 1. The van der Waals surface area contributed by atoms with E-state index in [-0.39, 0.29) is 12.5 Å².